The van der Waals surface area contributed by atoms with Gasteiger partial charge < -0.3 is 9.73 Å². The number of carbonyl (C=O) groups is 2. The Hall–Kier alpha value is -2.87. The molecule has 32 heavy (non-hydrogen) atoms. The second kappa shape index (κ2) is 10.6. The van der Waals surface area contributed by atoms with Crippen LogP contribution in [-0.2, 0) is 4.79 Å². The average molecular weight is 453 g/mol. The molecule has 1 aromatic carbocycles. The van der Waals surface area contributed by atoms with Gasteiger partial charge in [-0.15, -0.1) is 10.2 Å². The fourth-order valence-corrected chi connectivity index (χ4v) is 4.92. The minimum absolute atomic E-state index is 0.0131. The van der Waals surface area contributed by atoms with Gasteiger partial charge in [0.15, 0.2) is 16.7 Å². The third kappa shape index (κ3) is 5.30. The quantitative estimate of drug-likeness (QED) is 0.328. The van der Waals surface area contributed by atoms with Crippen LogP contribution in [0, 0.1) is 0 Å². The number of benzene rings is 1. The van der Waals surface area contributed by atoms with Gasteiger partial charge in [0, 0.05) is 23.7 Å². The van der Waals surface area contributed by atoms with Gasteiger partial charge in [0.1, 0.15) is 0 Å². The maximum Gasteiger partial charge on any atom is 0.224 e. The van der Waals surface area contributed by atoms with Crippen LogP contribution in [0.15, 0.2) is 52.2 Å². The monoisotopic (exact) mass is 452 g/mol. The number of nitrogens with one attached hydrogen (secondary N) is 1. The molecule has 7 nitrogen and oxygen atoms in total. The van der Waals surface area contributed by atoms with Gasteiger partial charge >= 0.3 is 0 Å². The number of rotatable bonds is 9. The van der Waals surface area contributed by atoms with Crippen molar-refractivity contribution < 1.29 is 14.0 Å². The fourth-order valence-electron chi connectivity index (χ4n) is 4.02. The third-order valence-electron chi connectivity index (χ3n) is 5.65. The van der Waals surface area contributed by atoms with Gasteiger partial charge in [0.05, 0.1) is 12.0 Å². The highest BCUT2D eigenvalue weighted by Crippen LogP contribution is 2.35. The Morgan fingerprint density at radius 2 is 1.91 bits per heavy atom. The van der Waals surface area contributed by atoms with Crippen LogP contribution in [0.25, 0.3) is 11.6 Å². The molecule has 1 amide bonds. The smallest absolute Gasteiger partial charge is 0.224 e. The summed E-state index contributed by atoms with van der Waals surface area (Å²) in [6, 6.07) is 11.1. The highest BCUT2D eigenvalue weighted by atomic mass is 32.2. The first-order valence-electron chi connectivity index (χ1n) is 11.2. The molecule has 0 saturated heterocycles. The molecule has 0 aliphatic heterocycles. The Labute approximate surface area is 192 Å². The van der Waals surface area contributed by atoms with Crippen molar-refractivity contribution in [2.45, 2.75) is 63.1 Å². The third-order valence-corrected chi connectivity index (χ3v) is 6.59. The molecule has 0 spiro atoms. The Bertz CT molecular complexity index is 1040. The molecule has 2 aromatic heterocycles. The first-order chi connectivity index (χ1) is 15.7. The minimum atomic E-state index is -0.0171. The fraction of sp³-hybridized carbons (Fsp3) is 0.417. The summed E-state index contributed by atoms with van der Waals surface area (Å²) in [5, 5.41) is 12.4. The number of ketones is 1. The van der Waals surface area contributed by atoms with Crippen molar-refractivity contribution in [3.63, 3.8) is 0 Å². The molecule has 1 aliphatic rings. The molecule has 8 heteroatoms. The van der Waals surface area contributed by atoms with E-state index in [4.69, 9.17) is 4.42 Å². The summed E-state index contributed by atoms with van der Waals surface area (Å²) in [4.78, 5) is 24.5. The SMILES string of the molecule is CCCC(=O)Nc1ccc(C(=O)CSc2nnc(-c3ccco3)n2C2CCCCC2)cc1. The number of hydrogen-bond acceptors (Lipinski definition) is 6. The first-order valence-corrected chi connectivity index (χ1v) is 12.2. The van der Waals surface area contributed by atoms with Crippen molar-refractivity contribution in [2.75, 3.05) is 11.1 Å². The molecule has 1 N–H and O–H groups in total. The van der Waals surface area contributed by atoms with Crippen LogP contribution in [0.1, 0.15) is 68.3 Å². The van der Waals surface area contributed by atoms with E-state index in [0.717, 1.165) is 30.2 Å². The highest BCUT2D eigenvalue weighted by Gasteiger charge is 2.25. The van der Waals surface area contributed by atoms with E-state index >= 15 is 0 Å². The molecule has 1 fully saturated rings. The maximum atomic E-state index is 12.8. The molecule has 3 aromatic rings. The van der Waals surface area contributed by atoms with Crippen LogP contribution in [0.4, 0.5) is 5.69 Å². The number of aromatic nitrogens is 3. The zero-order valence-electron chi connectivity index (χ0n) is 18.3. The second-order valence-electron chi connectivity index (χ2n) is 8.03. The largest absolute Gasteiger partial charge is 0.461 e. The van der Waals surface area contributed by atoms with Crippen molar-refractivity contribution in [1.82, 2.24) is 14.8 Å². The number of nitrogens with zero attached hydrogens (tertiary/aromatic N) is 3. The predicted molar refractivity (Wildman–Crippen MR) is 125 cm³/mol. The van der Waals surface area contributed by atoms with Gasteiger partial charge in [-0.3, -0.25) is 14.2 Å². The Morgan fingerprint density at radius 3 is 2.59 bits per heavy atom. The summed E-state index contributed by atoms with van der Waals surface area (Å²) in [5.41, 5.74) is 1.31. The predicted octanol–water partition coefficient (Wildman–Crippen LogP) is 5.76. The molecule has 0 radical (unpaired) electrons. The van der Waals surface area contributed by atoms with E-state index in [1.165, 1.54) is 31.0 Å². The number of carbonyl (C=O) groups excluding carboxylic acids is 2. The van der Waals surface area contributed by atoms with Crippen LogP contribution in [0.2, 0.25) is 0 Å². The molecule has 2 heterocycles. The zero-order valence-corrected chi connectivity index (χ0v) is 19.1. The standard InChI is InChI=1S/C24H28N4O3S/c1-2-7-22(30)25-18-13-11-17(12-14-18)20(29)16-32-24-27-26-23(21-10-6-15-31-21)28(24)19-8-4-3-5-9-19/h6,10-15,19H,2-5,7-9,16H2,1H3,(H,25,30). The average Bonchev–Trinajstić information content (AvgIpc) is 3.48. The van der Waals surface area contributed by atoms with Crippen molar-refractivity contribution in [3.05, 3.63) is 48.2 Å². The van der Waals surface area contributed by atoms with Gasteiger partial charge in [0.2, 0.25) is 11.7 Å². The Morgan fingerprint density at radius 1 is 1.12 bits per heavy atom. The summed E-state index contributed by atoms with van der Waals surface area (Å²) in [5.74, 6) is 1.69. The summed E-state index contributed by atoms with van der Waals surface area (Å²) in [6.07, 6.45) is 8.71. The van der Waals surface area contributed by atoms with Crippen LogP contribution in [-0.4, -0.2) is 32.2 Å². The summed E-state index contributed by atoms with van der Waals surface area (Å²) in [7, 11) is 0. The normalized spacial score (nSPS) is 14.4. The van der Waals surface area contributed by atoms with Gasteiger partial charge in [-0.1, -0.05) is 37.9 Å². The minimum Gasteiger partial charge on any atom is -0.461 e. The Kier molecular flexibility index (Phi) is 7.42. The number of anilines is 1. The van der Waals surface area contributed by atoms with Gasteiger partial charge in [0.25, 0.3) is 0 Å². The molecular formula is C24H28N4O3S. The lowest BCUT2D eigenvalue weighted by Crippen LogP contribution is -2.15. The number of furan rings is 1. The summed E-state index contributed by atoms with van der Waals surface area (Å²) >= 11 is 1.41. The maximum absolute atomic E-state index is 12.8. The topological polar surface area (TPSA) is 90.0 Å². The van der Waals surface area contributed by atoms with E-state index in [-0.39, 0.29) is 17.4 Å². The lowest BCUT2D eigenvalue weighted by atomic mass is 9.95. The number of Topliss-reactive ketones (excluding diaryl/α,β-unsaturated/α-hetero) is 1. The number of amides is 1. The van der Waals surface area contributed by atoms with Crippen LogP contribution >= 0.6 is 11.8 Å². The molecule has 4 rings (SSSR count). The molecule has 0 bridgehead atoms. The lowest BCUT2D eigenvalue weighted by Gasteiger charge is -2.25. The number of hydrogen-bond donors (Lipinski definition) is 1. The number of thioether (sulfide) groups is 1. The van der Waals surface area contributed by atoms with E-state index in [1.54, 1.807) is 30.5 Å². The molecule has 0 unspecified atom stereocenters. The zero-order chi connectivity index (χ0) is 22.3. The molecule has 168 valence electrons. The van der Waals surface area contributed by atoms with Crippen molar-refractivity contribution >= 4 is 29.1 Å². The van der Waals surface area contributed by atoms with Gasteiger partial charge in [-0.2, -0.15) is 0 Å². The molecular weight excluding hydrogens is 424 g/mol. The van der Waals surface area contributed by atoms with Crippen molar-refractivity contribution in [1.29, 1.82) is 0 Å². The first kappa shape index (κ1) is 22.3. The van der Waals surface area contributed by atoms with E-state index in [1.807, 2.05) is 19.1 Å². The van der Waals surface area contributed by atoms with E-state index < -0.39 is 0 Å². The second-order valence-corrected chi connectivity index (χ2v) is 8.98. The summed E-state index contributed by atoms with van der Waals surface area (Å²) < 4.78 is 7.74. The van der Waals surface area contributed by atoms with Crippen molar-refractivity contribution in [3.8, 4) is 11.6 Å². The van der Waals surface area contributed by atoms with E-state index in [0.29, 0.717) is 29.5 Å². The van der Waals surface area contributed by atoms with Gasteiger partial charge in [-0.05, 0) is 55.7 Å². The lowest BCUT2D eigenvalue weighted by molar-refractivity contribution is -0.116. The van der Waals surface area contributed by atoms with Crippen LogP contribution in [0.5, 0.6) is 0 Å². The highest BCUT2D eigenvalue weighted by molar-refractivity contribution is 7.99. The Balaban J connectivity index is 1.45. The molecule has 1 aliphatic carbocycles. The molecule has 0 atom stereocenters. The van der Waals surface area contributed by atoms with Crippen LogP contribution < -0.4 is 5.32 Å². The van der Waals surface area contributed by atoms with Crippen LogP contribution in [0.3, 0.4) is 0 Å². The van der Waals surface area contributed by atoms with Gasteiger partial charge in [-0.25, -0.2) is 0 Å². The summed E-state index contributed by atoms with van der Waals surface area (Å²) in [6.45, 7) is 1.96. The van der Waals surface area contributed by atoms with Crippen molar-refractivity contribution in [2.24, 2.45) is 0 Å². The molecule has 1 saturated carbocycles. The van der Waals surface area contributed by atoms with E-state index in [9.17, 15) is 9.59 Å². The van der Waals surface area contributed by atoms with E-state index in [2.05, 4.69) is 20.1 Å².